The van der Waals surface area contributed by atoms with Crippen molar-refractivity contribution in [1.29, 1.82) is 0 Å². The third kappa shape index (κ3) is 4.28. The number of halogens is 1. The monoisotopic (exact) mass is 398 g/mol. The molecule has 1 amide bonds. The van der Waals surface area contributed by atoms with Gasteiger partial charge in [-0.2, -0.15) is 0 Å². The first kappa shape index (κ1) is 20.5. The molecule has 8 heteroatoms. The van der Waals surface area contributed by atoms with Crippen molar-refractivity contribution in [2.75, 3.05) is 25.9 Å². The topological polar surface area (TPSA) is 79.6 Å². The lowest BCUT2D eigenvalue weighted by Gasteiger charge is -2.36. The smallest absolute Gasteiger partial charge is 0.290 e. The molecule has 1 saturated heterocycles. The highest BCUT2D eigenvalue weighted by Gasteiger charge is 2.30. The average molecular weight is 399 g/mol. The molecule has 26 heavy (non-hydrogen) atoms. The molecule has 2 aromatic rings. The zero-order chi connectivity index (χ0) is 18.0. The summed E-state index contributed by atoms with van der Waals surface area (Å²) in [4.78, 5) is 14.6. The minimum atomic E-state index is -3.47. The Morgan fingerprint density at radius 1 is 1.23 bits per heavy atom. The summed E-state index contributed by atoms with van der Waals surface area (Å²) >= 11 is 0. The molecule has 1 aromatic heterocycles. The Hall–Kier alpha value is -1.83. The normalized spacial score (nSPS) is 17.6. The molecule has 6 nitrogen and oxygen atoms in total. The van der Waals surface area contributed by atoms with Crippen molar-refractivity contribution >= 4 is 28.2 Å². The van der Waals surface area contributed by atoms with Crippen LogP contribution in [-0.4, -0.2) is 45.1 Å². The van der Waals surface area contributed by atoms with Crippen molar-refractivity contribution in [2.45, 2.75) is 24.5 Å². The van der Waals surface area contributed by atoms with Gasteiger partial charge in [0, 0.05) is 25.9 Å². The standard InChI is InChI=1S/C18H22N2O4S.ClH/c1-3-13-4-6-14(7-5-13)15-12-19-10-11-20(15)18(21)16-8-9-17(24-16)25(2,22)23;/h4-9,15,19H,3,10-12H2,1-2H3;1H. The molecule has 0 aliphatic carbocycles. The van der Waals surface area contributed by atoms with Gasteiger partial charge in [-0.3, -0.25) is 4.79 Å². The highest BCUT2D eigenvalue weighted by atomic mass is 35.5. The second-order valence-corrected chi connectivity index (χ2v) is 8.15. The second kappa shape index (κ2) is 8.24. The van der Waals surface area contributed by atoms with E-state index >= 15 is 0 Å². The quantitative estimate of drug-likeness (QED) is 0.855. The van der Waals surface area contributed by atoms with Gasteiger partial charge < -0.3 is 14.6 Å². The van der Waals surface area contributed by atoms with Crippen molar-refractivity contribution in [3.8, 4) is 0 Å². The van der Waals surface area contributed by atoms with Crippen LogP contribution in [0.1, 0.15) is 34.6 Å². The van der Waals surface area contributed by atoms with Crippen LogP contribution in [0, 0.1) is 0 Å². The van der Waals surface area contributed by atoms with Crippen LogP contribution in [0.5, 0.6) is 0 Å². The molecule has 1 fully saturated rings. The van der Waals surface area contributed by atoms with Gasteiger partial charge in [0.05, 0.1) is 6.04 Å². The number of furan rings is 1. The Kier molecular flexibility index (Phi) is 6.49. The molecule has 3 rings (SSSR count). The van der Waals surface area contributed by atoms with Gasteiger partial charge in [-0.15, -0.1) is 12.4 Å². The van der Waals surface area contributed by atoms with Crippen molar-refractivity contribution in [3.63, 3.8) is 0 Å². The zero-order valence-electron chi connectivity index (χ0n) is 14.8. The summed E-state index contributed by atoms with van der Waals surface area (Å²) in [5, 5.41) is 3.12. The van der Waals surface area contributed by atoms with Gasteiger partial charge in [-0.25, -0.2) is 8.42 Å². The number of nitrogens with zero attached hydrogens (tertiary/aromatic N) is 1. The molecule has 1 aliphatic rings. The van der Waals surface area contributed by atoms with Crippen LogP contribution in [0.4, 0.5) is 0 Å². The number of piperazine rings is 1. The third-order valence-corrected chi connectivity index (χ3v) is 5.38. The summed E-state index contributed by atoms with van der Waals surface area (Å²) in [6, 6.07) is 10.9. The number of aryl methyl sites for hydroxylation is 1. The van der Waals surface area contributed by atoms with Crippen molar-refractivity contribution in [2.24, 2.45) is 0 Å². The largest absolute Gasteiger partial charge is 0.440 e. The zero-order valence-corrected chi connectivity index (χ0v) is 16.4. The second-order valence-electron chi connectivity index (χ2n) is 6.20. The highest BCUT2D eigenvalue weighted by molar-refractivity contribution is 7.90. The Bertz CT molecular complexity index is 862. The van der Waals surface area contributed by atoms with Gasteiger partial charge in [0.2, 0.25) is 14.9 Å². The van der Waals surface area contributed by atoms with E-state index in [0.717, 1.165) is 18.2 Å². The van der Waals surface area contributed by atoms with E-state index in [1.54, 1.807) is 4.90 Å². The molecule has 1 atom stereocenters. The van der Waals surface area contributed by atoms with Crippen molar-refractivity contribution in [1.82, 2.24) is 10.2 Å². The van der Waals surface area contributed by atoms with Gasteiger partial charge >= 0.3 is 0 Å². The predicted molar refractivity (Wildman–Crippen MR) is 102 cm³/mol. The first-order valence-electron chi connectivity index (χ1n) is 8.30. The first-order valence-corrected chi connectivity index (χ1v) is 10.2. The molecule has 1 aromatic carbocycles. The minimum absolute atomic E-state index is 0. The van der Waals surface area contributed by atoms with Gasteiger partial charge in [0.1, 0.15) is 0 Å². The van der Waals surface area contributed by atoms with Gasteiger partial charge in [-0.05, 0) is 29.7 Å². The lowest BCUT2D eigenvalue weighted by Crippen LogP contribution is -2.48. The number of carbonyl (C=O) groups is 1. The third-order valence-electron chi connectivity index (χ3n) is 4.43. The SMILES string of the molecule is CCc1ccc(C2CNCCN2C(=O)c2ccc(S(C)(=O)=O)o2)cc1.Cl. The van der Waals surface area contributed by atoms with Crippen LogP contribution in [0.3, 0.4) is 0 Å². The maximum absolute atomic E-state index is 12.9. The lowest BCUT2D eigenvalue weighted by molar-refractivity contribution is 0.0596. The lowest BCUT2D eigenvalue weighted by atomic mass is 10.0. The first-order chi connectivity index (χ1) is 11.9. The van der Waals surface area contributed by atoms with E-state index in [1.165, 1.54) is 17.7 Å². The number of rotatable bonds is 4. The molecular weight excluding hydrogens is 376 g/mol. The van der Waals surface area contributed by atoms with Crippen LogP contribution in [0.25, 0.3) is 0 Å². The number of hydrogen-bond donors (Lipinski definition) is 1. The highest BCUT2D eigenvalue weighted by Crippen LogP contribution is 2.26. The molecule has 0 spiro atoms. The van der Waals surface area contributed by atoms with Crippen LogP contribution in [0.2, 0.25) is 0 Å². The number of sulfone groups is 1. The minimum Gasteiger partial charge on any atom is -0.440 e. The fourth-order valence-electron chi connectivity index (χ4n) is 3.00. The van der Waals surface area contributed by atoms with Gasteiger partial charge in [-0.1, -0.05) is 31.2 Å². The van der Waals surface area contributed by atoms with Gasteiger partial charge in [0.15, 0.2) is 5.76 Å². The van der Waals surface area contributed by atoms with Crippen LogP contribution >= 0.6 is 12.4 Å². The molecular formula is C18H23ClN2O4S. The van der Waals surface area contributed by atoms with E-state index in [-0.39, 0.29) is 35.2 Å². The number of hydrogen-bond acceptors (Lipinski definition) is 5. The maximum atomic E-state index is 12.9. The number of nitrogens with one attached hydrogen (secondary N) is 1. The van der Waals surface area contributed by atoms with E-state index in [0.29, 0.717) is 19.6 Å². The van der Waals surface area contributed by atoms with E-state index in [1.807, 2.05) is 12.1 Å². The summed E-state index contributed by atoms with van der Waals surface area (Å²) in [6.45, 7) is 3.98. The Morgan fingerprint density at radius 3 is 2.50 bits per heavy atom. The van der Waals surface area contributed by atoms with E-state index in [2.05, 4.69) is 24.4 Å². The van der Waals surface area contributed by atoms with E-state index in [4.69, 9.17) is 4.42 Å². The molecule has 1 N–H and O–H groups in total. The average Bonchev–Trinajstić information content (AvgIpc) is 3.12. The van der Waals surface area contributed by atoms with Crippen LogP contribution in [0.15, 0.2) is 45.9 Å². The molecule has 2 heterocycles. The number of amides is 1. The fourth-order valence-corrected chi connectivity index (χ4v) is 3.55. The number of benzene rings is 1. The van der Waals surface area contributed by atoms with Crippen LogP contribution < -0.4 is 5.32 Å². The van der Waals surface area contributed by atoms with E-state index < -0.39 is 9.84 Å². The molecule has 142 valence electrons. The Balaban J connectivity index is 0.00000243. The summed E-state index contributed by atoms with van der Waals surface area (Å²) in [6.07, 6.45) is 2.02. The summed E-state index contributed by atoms with van der Waals surface area (Å²) < 4.78 is 28.4. The van der Waals surface area contributed by atoms with Gasteiger partial charge in [0.25, 0.3) is 5.91 Å². The number of carbonyl (C=O) groups excluding carboxylic acids is 1. The van der Waals surface area contributed by atoms with E-state index in [9.17, 15) is 13.2 Å². The van der Waals surface area contributed by atoms with Crippen LogP contribution in [-0.2, 0) is 16.3 Å². The molecule has 0 saturated carbocycles. The maximum Gasteiger partial charge on any atom is 0.290 e. The molecule has 0 bridgehead atoms. The Labute approximate surface area is 159 Å². The molecule has 1 aliphatic heterocycles. The molecule has 1 unspecified atom stereocenters. The molecule has 0 radical (unpaired) electrons. The summed E-state index contributed by atoms with van der Waals surface area (Å²) in [5.74, 6) is -0.238. The van der Waals surface area contributed by atoms with Crippen molar-refractivity contribution in [3.05, 3.63) is 53.3 Å². The fraction of sp³-hybridized carbons (Fsp3) is 0.389. The predicted octanol–water partition coefficient (Wildman–Crippen LogP) is 2.45. The Morgan fingerprint density at radius 2 is 1.92 bits per heavy atom. The summed E-state index contributed by atoms with van der Waals surface area (Å²) in [5.41, 5.74) is 2.29. The summed E-state index contributed by atoms with van der Waals surface area (Å²) in [7, 11) is -3.47. The van der Waals surface area contributed by atoms with Crippen molar-refractivity contribution < 1.29 is 17.6 Å².